The lowest BCUT2D eigenvalue weighted by Crippen LogP contribution is -2.55. The molecule has 4 nitrogen and oxygen atoms in total. The SMILES string of the molecule is CNC(=O)C1C(c2ccccc2)C(C(=O)NC)C1c1ccccc1. The highest BCUT2D eigenvalue weighted by atomic mass is 16.2. The molecular formula is C20H22N2O2. The van der Waals surface area contributed by atoms with Gasteiger partial charge >= 0.3 is 0 Å². The van der Waals surface area contributed by atoms with Crippen LogP contribution >= 0.6 is 0 Å². The van der Waals surface area contributed by atoms with E-state index in [1.165, 1.54) is 0 Å². The quantitative estimate of drug-likeness (QED) is 0.907. The highest BCUT2D eigenvalue weighted by molar-refractivity contribution is 5.90. The monoisotopic (exact) mass is 322 g/mol. The van der Waals surface area contributed by atoms with Gasteiger partial charge in [0, 0.05) is 25.9 Å². The zero-order valence-electron chi connectivity index (χ0n) is 13.9. The van der Waals surface area contributed by atoms with Crippen molar-refractivity contribution in [1.82, 2.24) is 10.6 Å². The van der Waals surface area contributed by atoms with E-state index in [2.05, 4.69) is 10.6 Å². The zero-order valence-corrected chi connectivity index (χ0v) is 13.9. The maximum absolute atomic E-state index is 12.6. The van der Waals surface area contributed by atoms with Gasteiger partial charge in [0.2, 0.25) is 11.8 Å². The standard InChI is InChI=1S/C20H22N2O2/c1-21-19(23)17-15(13-9-5-3-6-10-13)18(20(24)22-2)16(17)14-11-7-4-8-12-14/h3-12,15-18H,1-2H3,(H,21,23)(H,22,24). The number of amides is 2. The molecule has 0 saturated heterocycles. The molecule has 1 saturated carbocycles. The Morgan fingerprint density at radius 1 is 0.667 bits per heavy atom. The summed E-state index contributed by atoms with van der Waals surface area (Å²) >= 11 is 0. The summed E-state index contributed by atoms with van der Waals surface area (Å²) in [6.07, 6.45) is 0. The average Bonchev–Trinajstić information content (AvgIpc) is 2.62. The second kappa shape index (κ2) is 6.87. The number of benzene rings is 2. The summed E-state index contributed by atoms with van der Waals surface area (Å²) < 4.78 is 0. The summed E-state index contributed by atoms with van der Waals surface area (Å²) in [6.45, 7) is 0. The summed E-state index contributed by atoms with van der Waals surface area (Å²) in [6, 6.07) is 19.7. The predicted molar refractivity (Wildman–Crippen MR) is 93.5 cm³/mol. The van der Waals surface area contributed by atoms with Crippen molar-refractivity contribution in [3.8, 4) is 0 Å². The molecule has 0 unspecified atom stereocenters. The molecule has 2 aromatic rings. The van der Waals surface area contributed by atoms with Crippen LogP contribution in [0.5, 0.6) is 0 Å². The van der Waals surface area contributed by atoms with Crippen molar-refractivity contribution in [1.29, 1.82) is 0 Å². The van der Waals surface area contributed by atoms with E-state index in [9.17, 15) is 9.59 Å². The molecule has 0 heterocycles. The van der Waals surface area contributed by atoms with E-state index in [1.807, 2.05) is 60.7 Å². The van der Waals surface area contributed by atoms with Gasteiger partial charge in [-0.1, -0.05) is 60.7 Å². The van der Waals surface area contributed by atoms with E-state index in [0.717, 1.165) is 11.1 Å². The van der Waals surface area contributed by atoms with Gasteiger partial charge in [-0.2, -0.15) is 0 Å². The molecule has 0 atom stereocenters. The van der Waals surface area contributed by atoms with E-state index < -0.39 is 0 Å². The Hall–Kier alpha value is -2.62. The largest absolute Gasteiger partial charge is 0.359 e. The predicted octanol–water partition coefficient (Wildman–Crippen LogP) is 2.29. The Morgan fingerprint density at radius 2 is 1.00 bits per heavy atom. The lowest BCUT2D eigenvalue weighted by Gasteiger charge is -2.50. The Labute approximate surface area is 142 Å². The van der Waals surface area contributed by atoms with E-state index in [-0.39, 0.29) is 35.5 Å². The van der Waals surface area contributed by atoms with Crippen LogP contribution in [-0.4, -0.2) is 25.9 Å². The minimum atomic E-state index is -0.248. The fourth-order valence-corrected chi connectivity index (χ4v) is 3.91. The molecule has 0 aromatic heterocycles. The van der Waals surface area contributed by atoms with Gasteiger partial charge in [0.1, 0.15) is 0 Å². The molecule has 2 N–H and O–H groups in total. The van der Waals surface area contributed by atoms with Crippen LogP contribution in [0.3, 0.4) is 0 Å². The van der Waals surface area contributed by atoms with E-state index >= 15 is 0 Å². The first-order valence-electron chi connectivity index (χ1n) is 8.22. The van der Waals surface area contributed by atoms with Gasteiger partial charge in [-0.25, -0.2) is 0 Å². The lowest BCUT2D eigenvalue weighted by atomic mass is 9.52. The molecule has 0 radical (unpaired) electrons. The minimum Gasteiger partial charge on any atom is -0.359 e. The molecule has 24 heavy (non-hydrogen) atoms. The molecule has 1 aliphatic rings. The smallest absolute Gasteiger partial charge is 0.224 e. The molecule has 2 amide bonds. The zero-order chi connectivity index (χ0) is 17.1. The number of rotatable bonds is 4. The Balaban J connectivity index is 2.06. The molecule has 3 rings (SSSR count). The van der Waals surface area contributed by atoms with Crippen molar-refractivity contribution in [2.75, 3.05) is 14.1 Å². The summed E-state index contributed by atoms with van der Waals surface area (Å²) in [7, 11) is 3.30. The van der Waals surface area contributed by atoms with Crippen molar-refractivity contribution in [3.05, 3.63) is 71.8 Å². The van der Waals surface area contributed by atoms with Gasteiger partial charge in [0.25, 0.3) is 0 Å². The van der Waals surface area contributed by atoms with Crippen LogP contribution in [0.25, 0.3) is 0 Å². The van der Waals surface area contributed by atoms with Crippen molar-refractivity contribution in [2.45, 2.75) is 11.8 Å². The molecule has 1 fully saturated rings. The molecule has 0 aliphatic heterocycles. The Kier molecular flexibility index (Phi) is 4.65. The molecule has 2 aromatic carbocycles. The Bertz CT molecular complexity index is 643. The van der Waals surface area contributed by atoms with Crippen LogP contribution < -0.4 is 10.6 Å². The number of hydrogen-bond acceptors (Lipinski definition) is 2. The highest BCUT2D eigenvalue weighted by Crippen LogP contribution is 2.57. The molecule has 124 valence electrons. The van der Waals surface area contributed by atoms with Gasteiger partial charge in [-0.15, -0.1) is 0 Å². The number of nitrogens with one attached hydrogen (secondary N) is 2. The van der Waals surface area contributed by atoms with Crippen molar-refractivity contribution >= 4 is 11.8 Å². The van der Waals surface area contributed by atoms with E-state index in [1.54, 1.807) is 14.1 Å². The fourth-order valence-electron chi connectivity index (χ4n) is 3.91. The fraction of sp³-hybridized carbons (Fsp3) is 0.300. The first-order chi connectivity index (χ1) is 11.7. The van der Waals surface area contributed by atoms with Crippen LogP contribution in [-0.2, 0) is 9.59 Å². The van der Waals surface area contributed by atoms with Crippen LogP contribution in [0.15, 0.2) is 60.7 Å². The molecule has 1 aliphatic carbocycles. The van der Waals surface area contributed by atoms with Crippen LogP contribution in [0.4, 0.5) is 0 Å². The maximum atomic E-state index is 12.6. The summed E-state index contributed by atoms with van der Waals surface area (Å²) in [4.78, 5) is 25.2. The van der Waals surface area contributed by atoms with E-state index in [4.69, 9.17) is 0 Å². The number of carbonyl (C=O) groups excluding carboxylic acids is 2. The number of hydrogen-bond donors (Lipinski definition) is 2. The lowest BCUT2D eigenvalue weighted by molar-refractivity contribution is -0.140. The van der Waals surface area contributed by atoms with E-state index in [0.29, 0.717) is 0 Å². The average molecular weight is 322 g/mol. The van der Waals surface area contributed by atoms with Gasteiger partial charge in [0.15, 0.2) is 0 Å². The molecule has 0 bridgehead atoms. The van der Waals surface area contributed by atoms with Gasteiger partial charge < -0.3 is 10.6 Å². The van der Waals surface area contributed by atoms with Crippen molar-refractivity contribution < 1.29 is 9.59 Å². The highest BCUT2D eigenvalue weighted by Gasteiger charge is 2.57. The normalized spacial score (nSPS) is 25.4. The summed E-state index contributed by atoms with van der Waals surface area (Å²) in [5.74, 6) is -0.757. The third-order valence-electron chi connectivity index (χ3n) is 5.01. The maximum Gasteiger partial charge on any atom is 0.224 e. The second-order valence-electron chi connectivity index (χ2n) is 6.15. The van der Waals surface area contributed by atoms with Gasteiger partial charge in [-0.05, 0) is 11.1 Å². The van der Waals surface area contributed by atoms with Crippen molar-refractivity contribution in [2.24, 2.45) is 11.8 Å². The minimum absolute atomic E-state index is 0.0159. The van der Waals surface area contributed by atoms with Crippen LogP contribution in [0.1, 0.15) is 23.0 Å². The molecule has 0 spiro atoms. The second-order valence-corrected chi connectivity index (χ2v) is 6.15. The third kappa shape index (κ3) is 2.68. The van der Waals surface area contributed by atoms with Gasteiger partial charge in [-0.3, -0.25) is 9.59 Å². The first kappa shape index (κ1) is 16.2. The molecule has 4 heteroatoms. The van der Waals surface area contributed by atoms with Gasteiger partial charge in [0.05, 0.1) is 11.8 Å². The van der Waals surface area contributed by atoms with Crippen LogP contribution in [0.2, 0.25) is 0 Å². The van der Waals surface area contributed by atoms with Crippen molar-refractivity contribution in [3.63, 3.8) is 0 Å². The van der Waals surface area contributed by atoms with Crippen LogP contribution in [0, 0.1) is 11.8 Å². The first-order valence-corrected chi connectivity index (χ1v) is 8.22. The third-order valence-corrected chi connectivity index (χ3v) is 5.01. The number of carbonyl (C=O) groups is 2. The summed E-state index contributed by atoms with van der Waals surface area (Å²) in [5.41, 5.74) is 2.07. The molecular weight excluding hydrogens is 300 g/mol. The topological polar surface area (TPSA) is 58.2 Å². The Morgan fingerprint density at radius 3 is 1.29 bits per heavy atom. The summed E-state index contributed by atoms with van der Waals surface area (Å²) in [5, 5.41) is 5.55.